The molecule has 0 spiro atoms. The van der Waals surface area contributed by atoms with Crippen molar-refractivity contribution >= 4 is 23.0 Å². The Labute approximate surface area is 117 Å². The summed E-state index contributed by atoms with van der Waals surface area (Å²) in [6.45, 7) is 0.460. The number of hydrogen-bond acceptors (Lipinski definition) is 4. The van der Waals surface area contributed by atoms with Gasteiger partial charge in [-0.3, -0.25) is 4.79 Å². The van der Waals surface area contributed by atoms with Crippen molar-refractivity contribution in [2.45, 2.75) is 6.61 Å². The van der Waals surface area contributed by atoms with E-state index in [1.54, 1.807) is 25.3 Å². The van der Waals surface area contributed by atoms with E-state index in [1.165, 1.54) is 0 Å². The highest BCUT2D eigenvalue weighted by molar-refractivity contribution is 6.02. The Bertz CT molecular complexity index is 626. The third-order valence-electron chi connectivity index (χ3n) is 2.94. The Morgan fingerprint density at radius 2 is 1.95 bits per heavy atom. The molecule has 2 aromatic rings. The number of rotatable bonds is 5. The van der Waals surface area contributed by atoms with Crippen LogP contribution in [0.4, 0.5) is 17.1 Å². The van der Waals surface area contributed by atoms with Crippen LogP contribution in [-0.2, 0) is 11.3 Å². The monoisotopic (exact) mass is 271 g/mol. The first-order valence-electron chi connectivity index (χ1n) is 6.15. The van der Waals surface area contributed by atoms with Crippen LogP contribution in [0.25, 0.3) is 0 Å². The molecule has 0 saturated heterocycles. The van der Waals surface area contributed by atoms with Gasteiger partial charge in [-0.25, -0.2) is 0 Å². The number of nitrogens with two attached hydrogens (primary N) is 2. The first-order valence-corrected chi connectivity index (χ1v) is 6.15. The SMILES string of the molecule is COCc1ccccc1Nc1c(N)cccc1C(N)=O. The van der Waals surface area contributed by atoms with Gasteiger partial charge in [0.25, 0.3) is 5.91 Å². The number of primary amides is 1. The number of amides is 1. The van der Waals surface area contributed by atoms with Crippen molar-refractivity contribution in [1.29, 1.82) is 0 Å². The molecule has 0 fully saturated rings. The number of methoxy groups -OCH3 is 1. The van der Waals surface area contributed by atoms with Gasteiger partial charge in [0.2, 0.25) is 0 Å². The van der Waals surface area contributed by atoms with Crippen molar-refractivity contribution in [3.05, 3.63) is 53.6 Å². The van der Waals surface area contributed by atoms with Crippen LogP contribution in [-0.4, -0.2) is 13.0 Å². The number of nitrogen functional groups attached to an aromatic ring is 1. The Hall–Kier alpha value is -2.53. The normalized spacial score (nSPS) is 10.2. The molecule has 0 aromatic heterocycles. The number of para-hydroxylation sites is 2. The van der Waals surface area contributed by atoms with Crippen molar-refractivity contribution in [3.8, 4) is 0 Å². The fourth-order valence-corrected chi connectivity index (χ4v) is 1.97. The van der Waals surface area contributed by atoms with E-state index < -0.39 is 5.91 Å². The third-order valence-corrected chi connectivity index (χ3v) is 2.94. The molecule has 104 valence electrons. The van der Waals surface area contributed by atoms with Gasteiger partial charge >= 0.3 is 0 Å². The van der Waals surface area contributed by atoms with Gasteiger partial charge in [0.1, 0.15) is 0 Å². The van der Waals surface area contributed by atoms with Gasteiger partial charge in [0, 0.05) is 18.4 Å². The molecule has 0 aliphatic rings. The molecule has 20 heavy (non-hydrogen) atoms. The molecule has 0 aliphatic heterocycles. The van der Waals surface area contributed by atoms with E-state index in [1.807, 2.05) is 24.3 Å². The smallest absolute Gasteiger partial charge is 0.250 e. The topological polar surface area (TPSA) is 90.4 Å². The predicted molar refractivity (Wildman–Crippen MR) is 79.8 cm³/mol. The zero-order valence-corrected chi connectivity index (χ0v) is 11.2. The molecule has 0 unspecified atom stereocenters. The number of anilines is 3. The fourth-order valence-electron chi connectivity index (χ4n) is 1.97. The summed E-state index contributed by atoms with van der Waals surface area (Å²) in [7, 11) is 1.63. The zero-order valence-electron chi connectivity index (χ0n) is 11.2. The van der Waals surface area contributed by atoms with Crippen LogP contribution in [0.15, 0.2) is 42.5 Å². The van der Waals surface area contributed by atoms with Crippen LogP contribution in [0.5, 0.6) is 0 Å². The molecule has 0 saturated carbocycles. The number of nitrogens with one attached hydrogen (secondary N) is 1. The summed E-state index contributed by atoms with van der Waals surface area (Å²) in [5, 5.41) is 3.17. The summed E-state index contributed by atoms with van der Waals surface area (Å²) in [6, 6.07) is 12.7. The Morgan fingerprint density at radius 1 is 1.20 bits per heavy atom. The van der Waals surface area contributed by atoms with E-state index in [2.05, 4.69) is 5.32 Å². The highest BCUT2D eigenvalue weighted by Gasteiger charge is 2.12. The van der Waals surface area contributed by atoms with Gasteiger partial charge in [-0.15, -0.1) is 0 Å². The van der Waals surface area contributed by atoms with Crippen LogP contribution >= 0.6 is 0 Å². The standard InChI is InChI=1S/C15H17N3O2/c1-20-9-10-5-2-3-8-13(10)18-14-11(15(17)19)6-4-7-12(14)16/h2-8,18H,9,16H2,1H3,(H2,17,19). The molecule has 2 aromatic carbocycles. The Kier molecular flexibility index (Phi) is 4.22. The van der Waals surface area contributed by atoms with Gasteiger partial charge in [-0.1, -0.05) is 24.3 Å². The predicted octanol–water partition coefficient (Wildman–Crippen LogP) is 2.26. The van der Waals surface area contributed by atoms with Gasteiger partial charge in [0.15, 0.2) is 0 Å². The molecule has 0 atom stereocenters. The summed E-state index contributed by atoms with van der Waals surface area (Å²) >= 11 is 0. The minimum Gasteiger partial charge on any atom is -0.397 e. The lowest BCUT2D eigenvalue weighted by Crippen LogP contribution is -2.14. The number of hydrogen-bond donors (Lipinski definition) is 3. The molecule has 5 heteroatoms. The summed E-state index contributed by atoms with van der Waals surface area (Å²) in [6.07, 6.45) is 0. The maximum atomic E-state index is 11.5. The quantitative estimate of drug-likeness (QED) is 0.727. The maximum absolute atomic E-state index is 11.5. The van der Waals surface area contributed by atoms with E-state index in [4.69, 9.17) is 16.2 Å². The molecule has 0 aliphatic carbocycles. The zero-order chi connectivity index (χ0) is 14.5. The van der Waals surface area contributed by atoms with Crippen LogP contribution < -0.4 is 16.8 Å². The summed E-state index contributed by atoms with van der Waals surface area (Å²) in [5.74, 6) is -0.524. The number of ether oxygens (including phenoxy) is 1. The van der Waals surface area contributed by atoms with Crippen LogP contribution in [0.1, 0.15) is 15.9 Å². The van der Waals surface area contributed by atoms with E-state index in [-0.39, 0.29) is 0 Å². The second kappa shape index (κ2) is 6.08. The number of benzene rings is 2. The second-order valence-corrected chi connectivity index (χ2v) is 4.35. The third kappa shape index (κ3) is 2.89. The minimum atomic E-state index is -0.524. The average Bonchev–Trinajstić information content (AvgIpc) is 2.43. The first kappa shape index (κ1) is 13.9. The van der Waals surface area contributed by atoms with Gasteiger partial charge in [-0.05, 0) is 18.2 Å². The summed E-state index contributed by atoms with van der Waals surface area (Å²) in [4.78, 5) is 11.5. The van der Waals surface area contributed by atoms with E-state index in [9.17, 15) is 4.79 Å². The molecule has 5 nitrogen and oxygen atoms in total. The molecule has 1 amide bonds. The summed E-state index contributed by atoms with van der Waals surface area (Å²) in [5.41, 5.74) is 14.4. The second-order valence-electron chi connectivity index (χ2n) is 4.35. The van der Waals surface area contributed by atoms with Crippen molar-refractivity contribution in [2.75, 3.05) is 18.2 Å². The molecule has 2 rings (SSSR count). The largest absolute Gasteiger partial charge is 0.397 e. The Balaban J connectivity index is 2.42. The van der Waals surface area contributed by atoms with E-state index in [0.29, 0.717) is 23.5 Å². The number of carbonyl (C=O) groups excluding carboxylic acids is 1. The van der Waals surface area contributed by atoms with Crippen molar-refractivity contribution in [1.82, 2.24) is 0 Å². The minimum absolute atomic E-state index is 0.359. The molecular weight excluding hydrogens is 254 g/mol. The van der Waals surface area contributed by atoms with Crippen molar-refractivity contribution in [2.24, 2.45) is 5.73 Å². The van der Waals surface area contributed by atoms with E-state index >= 15 is 0 Å². The number of carbonyl (C=O) groups is 1. The molecule has 5 N–H and O–H groups in total. The first-order chi connectivity index (χ1) is 9.63. The van der Waals surface area contributed by atoms with Crippen molar-refractivity contribution < 1.29 is 9.53 Å². The molecule has 0 heterocycles. The lowest BCUT2D eigenvalue weighted by atomic mass is 10.1. The fraction of sp³-hybridized carbons (Fsp3) is 0.133. The van der Waals surface area contributed by atoms with Gasteiger partial charge in [-0.2, -0.15) is 0 Å². The molecule has 0 radical (unpaired) electrons. The van der Waals surface area contributed by atoms with Gasteiger partial charge in [0.05, 0.1) is 23.5 Å². The highest BCUT2D eigenvalue weighted by atomic mass is 16.5. The molecular formula is C15H17N3O2. The maximum Gasteiger partial charge on any atom is 0.250 e. The molecule has 0 bridgehead atoms. The lowest BCUT2D eigenvalue weighted by Gasteiger charge is -2.15. The van der Waals surface area contributed by atoms with Crippen LogP contribution in [0.2, 0.25) is 0 Å². The van der Waals surface area contributed by atoms with Crippen molar-refractivity contribution in [3.63, 3.8) is 0 Å². The average molecular weight is 271 g/mol. The van der Waals surface area contributed by atoms with Crippen LogP contribution in [0, 0.1) is 0 Å². The lowest BCUT2D eigenvalue weighted by molar-refractivity contribution is 0.100. The van der Waals surface area contributed by atoms with Crippen LogP contribution in [0.3, 0.4) is 0 Å². The highest BCUT2D eigenvalue weighted by Crippen LogP contribution is 2.29. The Morgan fingerprint density at radius 3 is 2.65 bits per heavy atom. The van der Waals surface area contributed by atoms with Gasteiger partial charge < -0.3 is 21.5 Å². The van der Waals surface area contributed by atoms with E-state index in [0.717, 1.165) is 11.3 Å². The summed E-state index contributed by atoms with van der Waals surface area (Å²) < 4.78 is 5.15.